The number of nitrogens with one attached hydrogen (secondary N) is 1. The van der Waals surface area contributed by atoms with E-state index >= 15 is 0 Å². The monoisotopic (exact) mass is 446 g/mol. The summed E-state index contributed by atoms with van der Waals surface area (Å²) in [5.74, 6) is -30.2. The van der Waals surface area contributed by atoms with Crippen LogP contribution in [-0.2, 0) is 0 Å². The Morgan fingerprint density at radius 3 is 2.03 bits per heavy atom. The summed E-state index contributed by atoms with van der Waals surface area (Å²) >= 11 is 4.92. The maximum absolute atomic E-state index is 14.1. The van der Waals surface area contributed by atoms with Gasteiger partial charge in [-0.1, -0.05) is 0 Å². The van der Waals surface area contributed by atoms with Crippen molar-refractivity contribution in [3.05, 3.63) is 28.7 Å². The molecule has 2 atom stereocenters. The molecular weight excluding hydrogens is 436 g/mol. The molecule has 5 nitrogen and oxygen atoms in total. The third kappa shape index (κ3) is 2.34. The second kappa shape index (κ2) is 5.67. The van der Waals surface area contributed by atoms with Crippen LogP contribution in [0.5, 0.6) is 0 Å². The van der Waals surface area contributed by atoms with Gasteiger partial charge in [-0.3, -0.25) is 14.3 Å². The van der Waals surface area contributed by atoms with E-state index in [-0.39, 0.29) is 10.3 Å². The number of H-pyrrole nitrogens is 1. The van der Waals surface area contributed by atoms with Crippen LogP contribution >= 0.6 is 12.2 Å². The first kappa shape index (κ1) is 20.0. The van der Waals surface area contributed by atoms with Crippen LogP contribution in [0.2, 0.25) is 0 Å². The molecule has 0 radical (unpaired) electrons. The highest BCUT2D eigenvalue weighted by atomic mass is 32.1. The molecule has 14 heteroatoms. The Morgan fingerprint density at radius 1 is 1.00 bits per heavy atom. The highest BCUT2D eigenvalue weighted by Crippen LogP contribution is 2.65. The van der Waals surface area contributed by atoms with E-state index < -0.39 is 54.5 Å². The summed E-state index contributed by atoms with van der Waals surface area (Å²) in [6.45, 7) is -2.46. The van der Waals surface area contributed by atoms with Crippen LogP contribution in [-0.4, -0.2) is 62.2 Å². The van der Waals surface area contributed by atoms with E-state index in [1.807, 2.05) is 0 Å². The van der Waals surface area contributed by atoms with Crippen LogP contribution in [0.4, 0.5) is 35.1 Å². The number of nitrogens with zero attached hydrogens (tertiary/aromatic N) is 3. The molecule has 1 aliphatic carbocycles. The Morgan fingerprint density at radius 2 is 1.52 bits per heavy atom. The smallest absolute Gasteiger partial charge is 0.338 e. The van der Waals surface area contributed by atoms with Crippen LogP contribution < -0.4 is 0 Å². The van der Waals surface area contributed by atoms with Gasteiger partial charge in [0.15, 0.2) is 10.4 Å². The molecule has 3 heterocycles. The van der Waals surface area contributed by atoms with Crippen molar-refractivity contribution >= 4 is 23.8 Å². The minimum absolute atomic E-state index is 0.0714. The van der Waals surface area contributed by atoms with Crippen LogP contribution in [0, 0.1) is 16.6 Å². The standard InChI is InChI=1S/C15H10F8N4OS/c16-12(17)7-4-26(5-8(7)13(18,19)15(22,23)14(12,20)21)10(28)6-1-2-9-24-25-11(29)27(9)3-6/h1-3,7-8H,4-5H2,(H,25,29). The van der Waals surface area contributed by atoms with Crippen LogP contribution in [0.25, 0.3) is 5.65 Å². The second-order valence-electron chi connectivity index (χ2n) is 6.99. The summed E-state index contributed by atoms with van der Waals surface area (Å²) in [5.41, 5.74) is 0.0952. The maximum Gasteiger partial charge on any atom is 0.378 e. The van der Waals surface area contributed by atoms with Crippen LogP contribution in [0.15, 0.2) is 18.3 Å². The average molecular weight is 446 g/mol. The number of alkyl halides is 8. The Bertz CT molecular complexity index is 1030. The number of amides is 1. The number of hydrogen-bond donors (Lipinski definition) is 1. The van der Waals surface area contributed by atoms with Gasteiger partial charge < -0.3 is 4.90 Å². The lowest BCUT2D eigenvalue weighted by Gasteiger charge is -2.47. The molecule has 0 bridgehead atoms. The van der Waals surface area contributed by atoms with Crippen molar-refractivity contribution in [2.75, 3.05) is 13.1 Å². The zero-order valence-corrected chi connectivity index (χ0v) is 14.8. The third-order valence-electron chi connectivity index (χ3n) is 5.43. The Hall–Kier alpha value is -2.25. The maximum atomic E-state index is 14.1. The van der Waals surface area contributed by atoms with Crippen molar-refractivity contribution in [2.45, 2.75) is 23.7 Å². The van der Waals surface area contributed by atoms with E-state index in [0.29, 0.717) is 10.5 Å². The zero-order chi connectivity index (χ0) is 21.6. The highest BCUT2D eigenvalue weighted by Gasteiger charge is 2.89. The molecule has 1 saturated carbocycles. The van der Waals surface area contributed by atoms with Crippen LogP contribution in [0.1, 0.15) is 10.4 Å². The molecule has 1 N–H and O–H groups in total. The molecule has 4 rings (SSSR count). The quantitative estimate of drug-likeness (QED) is 0.538. The molecule has 2 aliphatic rings. The minimum atomic E-state index is -6.27. The van der Waals surface area contributed by atoms with E-state index in [1.54, 1.807) is 0 Å². The highest BCUT2D eigenvalue weighted by molar-refractivity contribution is 7.71. The van der Waals surface area contributed by atoms with Crippen molar-refractivity contribution in [1.82, 2.24) is 19.5 Å². The third-order valence-corrected chi connectivity index (χ3v) is 5.72. The molecule has 158 valence electrons. The number of halogens is 8. The fourth-order valence-electron chi connectivity index (χ4n) is 3.80. The summed E-state index contributed by atoms with van der Waals surface area (Å²) in [4.78, 5) is 13.0. The molecule has 0 aromatic carbocycles. The van der Waals surface area contributed by atoms with E-state index in [2.05, 4.69) is 10.2 Å². The number of carbonyl (C=O) groups excluding carboxylic acids is 1. The van der Waals surface area contributed by atoms with E-state index in [4.69, 9.17) is 12.2 Å². The Labute approximate surface area is 161 Å². The molecule has 1 aliphatic heterocycles. The molecule has 2 unspecified atom stereocenters. The number of hydrogen-bond acceptors (Lipinski definition) is 3. The number of rotatable bonds is 1. The number of likely N-dealkylation sites (tertiary alicyclic amines) is 1. The number of aromatic nitrogens is 3. The largest absolute Gasteiger partial charge is 0.378 e. The SMILES string of the molecule is O=C(c1ccc2n[nH]c(=S)n2c1)N1CC2C(C1)C(F)(F)C(F)(F)C(F)(F)C2(F)F. The molecular formula is C15H10F8N4OS. The summed E-state index contributed by atoms with van der Waals surface area (Å²) < 4.78 is 112. The molecule has 29 heavy (non-hydrogen) atoms. The predicted octanol–water partition coefficient (Wildman–Crippen LogP) is 3.63. The normalized spacial score (nSPS) is 29.0. The minimum Gasteiger partial charge on any atom is -0.338 e. The lowest BCUT2D eigenvalue weighted by Crippen LogP contribution is -2.72. The van der Waals surface area contributed by atoms with Gasteiger partial charge in [0.2, 0.25) is 0 Å². The number of pyridine rings is 1. The van der Waals surface area contributed by atoms with Crippen molar-refractivity contribution in [3.8, 4) is 0 Å². The molecule has 0 spiro atoms. The first-order chi connectivity index (χ1) is 13.2. The van der Waals surface area contributed by atoms with Crippen LogP contribution in [0.3, 0.4) is 0 Å². The van der Waals surface area contributed by atoms with Gasteiger partial charge in [0.05, 0.1) is 17.4 Å². The number of fused-ring (bicyclic) bond motifs is 2. The topological polar surface area (TPSA) is 53.4 Å². The van der Waals surface area contributed by atoms with E-state index in [1.165, 1.54) is 16.5 Å². The van der Waals surface area contributed by atoms with Crippen molar-refractivity contribution in [2.24, 2.45) is 11.8 Å². The van der Waals surface area contributed by atoms with Gasteiger partial charge in [0.1, 0.15) is 0 Å². The van der Waals surface area contributed by atoms with Crippen molar-refractivity contribution in [1.29, 1.82) is 0 Å². The number of aromatic amines is 1. The predicted molar refractivity (Wildman–Crippen MR) is 83.0 cm³/mol. The molecule has 2 aromatic rings. The van der Waals surface area contributed by atoms with Gasteiger partial charge in [-0.05, 0) is 24.4 Å². The average Bonchev–Trinajstić information content (AvgIpc) is 3.25. The molecule has 1 amide bonds. The summed E-state index contributed by atoms with van der Waals surface area (Å²) in [6, 6.07) is 2.50. The Kier molecular flexibility index (Phi) is 3.92. The molecule has 1 saturated heterocycles. The fourth-order valence-corrected chi connectivity index (χ4v) is 4.00. The zero-order valence-electron chi connectivity index (χ0n) is 14.0. The summed E-state index contributed by atoms with van der Waals surface area (Å²) in [7, 11) is 0. The Balaban J connectivity index is 1.72. The molecule has 2 aromatic heterocycles. The first-order valence-corrected chi connectivity index (χ1v) is 8.51. The van der Waals surface area contributed by atoms with Gasteiger partial charge in [0, 0.05) is 19.3 Å². The number of carbonyl (C=O) groups is 1. The lowest BCUT2D eigenvalue weighted by atomic mass is 9.71. The fraction of sp³-hybridized carbons (Fsp3) is 0.533. The van der Waals surface area contributed by atoms with Crippen molar-refractivity contribution < 1.29 is 39.9 Å². The second-order valence-corrected chi connectivity index (χ2v) is 7.38. The van der Waals surface area contributed by atoms with Gasteiger partial charge in [0.25, 0.3) is 5.91 Å². The van der Waals surface area contributed by atoms with Gasteiger partial charge >= 0.3 is 23.7 Å². The van der Waals surface area contributed by atoms with Gasteiger partial charge in [-0.2, -0.15) is 40.2 Å². The molecule has 2 fully saturated rings. The first-order valence-electron chi connectivity index (χ1n) is 8.11. The van der Waals surface area contributed by atoms with Gasteiger partial charge in [-0.25, -0.2) is 0 Å². The summed E-state index contributed by atoms with van der Waals surface area (Å²) in [5, 5.41) is 6.22. The lowest BCUT2D eigenvalue weighted by molar-refractivity contribution is -0.418. The summed E-state index contributed by atoms with van der Waals surface area (Å²) in [6.07, 6.45) is 1.14. The van der Waals surface area contributed by atoms with Crippen molar-refractivity contribution in [3.63, 3.8) is 0 Å². The van der Waals surface area contributed by atoms with E-state index in [9.17, 15) is 39.9 Å². The van der Waals surface area contributed by atoms with E-state index in [0.717, 1.165) is 6.20 Å². The van der Waals surface area contributed by atoms with Gasteiger partial charge in [-0.15, -0.1) is 0 Å².